The second-order valence-electron chi connectivity index (χ2n) is 9.05. The molecule has 0 aliphatic heterocycles. The van der Waals surface area contributed by atoms with E-state index in [4.69, 9.17) is 4.52 Å². The number of nitrogens with zero attached hydrogens (tertiary/aromatic N) is 3. The Kier molecular flexibility index (Phi) is 4.33. The van der Waals surface area contributed by atoms with Gasteiger partial charge in [-0.1, -0.05) is 41.6 Å². The first kappa shape index (κ1) is 17.7. The van der Waals surface area contributed by atoms with Crippen LogP contribution in [0.5, 0.6) is 0 Å². The zero-order valence-corrected chi connectivity index (χ0v) is 16.2. The Labute approximate surface area is 165 Å². The lowest BCUT2D eigenvalue weighted by atomic mass is 9.49. The van der Waals surface area contributed by atoms with E-state index in [1.807, 2.05) is 35.2 Å². The summed E-state index contributed by atoms with van der Waals surface area (Å²) >= 11 is 0. The number of carbonyl (C=O) groups excluding carboxylic acids is 1. The van der Waals surface area contributed by atoms with Crippen molar-refractivity contribution in [1.82, 2.24) is 15.0 Å². The molecule has 0 atom stereocenters. The zero-order valence-electron chi connectivity index (χ0n) is 16.2. The summed E-state index contributed by atoms with van der Waals surface area (Å²) in [5, 5.41) is 4.10. The summed E-state index contributed by atoms with van der Waals surface area (Å²) < 4.78 is 5.48. The number of carbonyl (C=O) groups is 1. The monoisotopic (exact) mass is 377 g/mol. The van der Waals surface area contributed by atoms with Crippen LogP contribution in [0.4, 0.5) is 0 Å². The molecule has 4 fully saturated rings. The van der Waals surface area contributed by atoms with Gasteiger partial charge in [-0.3, -0.25) is 4.79 Å². The lowest BCUT2D eigenvalue weighted by molar-refractivity contribution is -0.158. The van der Waals surface area contributed by atoms with Gasteiger partial charge >= 0.3 is 0 Å². The van der Waals surface area contributed by atoms with Gasteiger partial charge in [0.05, 0.1) is 5.41 Å². The van der Waals surface area contributed by atoms with Gasteiger partial charge in [0.1, 0.15) is 6.54 Å². The fourth-order valence-corrected chi connectivity index (χ4v) is 6.27. The second kappa shape index (κ2) is 6.87. The van der Waals surface area contributed by atoms with Gasteiger partial charge < -0.3 is 9.42 Å². The van der Waals surface area contributed by atoms with E-state index in [1.165, 1.54) is 19.3 Å². The van der Waals surface area contributed by atoms with E-state index in [9.17, 15) is 4.79 Å². The molecule has 6 rings (SSSR count). The molecule has 28 heavy (non-hydrogen) atoms. The molecule has 4 bridgehead atoms. The van der Waals surface area contributed by atoms with Crippen molar-refractivity contribution in [2.24, 2.45) is 23.2 Å². The lowest BCUT2D eigenvalue weighted by Crippen LogP contribution is -2.54. The third kappa shape index (κ3) is 3.07. The van der Waals surface area contributed by atoms with E-state index >= 15 is 0 Å². The third-order valence-corrected chi connectivity index (χ3v) is 6.95. The molecular formula is C23H27N3O2. The molecule has 5 heteroatoms. The summed E-state index contributed by atoms with van der Waals surface area (Å²) in [6.07, 6.45) is 8.97. The molecule has 4 saturated carbocycles. The summed E-state index contributed by atoms with van der Waals surface area (Å²) in [4.78, 5) is 20.1. The van der Waals surface area contributed by atoms with Gasteiger partial charge in [0.15, 0.2) is 0 Å². The van der Waals surface area contributed by atoms with Crippen LogP contribution in [0.3, 0.4) is 0 Å². The minimum Gasteiger partial charge on any atom is -0.337 e. The van der Waals surface area contributed by atoms with Crippen LogP contribution in [-0.4, -0.2) is 27.5 Å². The largest absolute Gasteiger partial charge is 0.337 e. The highest BCUT2D eigenvalue weighted by atomic mass is 16.5. The summed E-state index contributed by atoms with van der Waals surface area (Å²) in [6.45, 7) is 4.73. The van der Waals surface area contributed by atoms with Crippen LogP contribution in [0, 0.1) is 23.2 Å². The van der Waals surface area contributed by atoms with E-state index in [2.05, 4.69) is 16.7 Å². The number of benzene rings is 1. The van der Waals surface area contributed by atoms with Crippen molar-refractivity contribution < 1.29 is 9.32 Å². The quantitative estimate of drug-likeness (QED) is 0.697. The molecule has 1 amide bonds. The smallest absolute Gasteiger partial charge is 0.246 e. The molecule has 0 saturated heterocycles. The standard InChI is InChI=1S/C23H27N3O2/c1-2-8-26(15-20-24-21(25-28-20)19-6-4-3-5-7-19)22(27)23-12-16-9-17(13-23)11-18(10-16)14-23/h2-7,16-18H,1,8-15H2. The van der Waals surface area contributed by atoms with Crippen LogP contribution in [-0.2, 0) is 11.3 Å². The SMILES string of the molecule is C=CCN(Cc1nc(-c2ccccc2)no1)C(=O)C12CC3CC(CC(C3)C1)C2. The Morgan fingerprint density at radius 3 is 2.39 bits per heavy atom. The molecule has 1 heterocycles. The Morgan fingerprint density at radius 1 is 1.14 bits per heavy atom. The van der Waals surface area contributed by atoms with Crippen molar-refractivity contribution in [1.29, 1.82) is 0 Å². The molecule has 0 radical (unpaired) electrons. The molecule has 4 aliphatic carbocycles. The fourth-order valence-electron chi connectivity index (χ4n) is 6.27. The molecule has 146 valence electrons. The molecular weight excluding hydrogens is 350 g/mol. The van der Waals surface area contributed by atoms with Crippen LogP contribution in [0.2, 0.25) is 0 Å². The topological polar surface area (TPSA) is 59.2 Å². The molecule has 5 nitrogen and oxygen atoms in total. The highest BCUT2D eigenvalue weighted by Gasteiger charge is 2.55. The summed E-state index contributed by atoms with van der Waals surface area (Å²) in [7, 11) is 0. The summed E-state index contributed by atoms with van der Waals surface area (Å²) in [5.74, 6) is 3.55. The normalized spacial score (nSPS) is 30.4. The van der Waals surface area contributed by atoms with Crippen molar-refractivity contribution in [2.45, 2.75) is 45.1 Å². The Bertz CT molecular complexity index is 838. The maximum atomic E-state index is 13.7. The molecule has 1 aromatic heterocycles. The number of hydrogen-bond donors (Lipinski definition) is 0. The van der Waals surface area contributed by atoms with E-state index < -0.39 is 0 Å². The van der Waals surface area contributed by atoms with Crippen molar-refractivity contribution in [3.63, 3.8) is 0 Å². The maximum Gasteiger partial charge on any atom is 0.246 e. The predicted molar refractivity (Wildman–Crippen MR) is 106 cm³/mol. The second-order valence-corrected chi connectivity index (χ2v) is 9.05. The first-order valence-electron chi connectivity index (χ1n) is 10.4. The maximum absolute atomic E-state index is 13.7. The van der Waals surface area contributed by atoms with E-state index in [0.29, 0.717) is 24.8 Å². The number of amides is 1. The van der Waals surface area contributed by atoms with Gasteiger partial charge in [-0.2, -0.15) is 4.98 Å². The van der Waals surface area contributed by atoms with Crippen molar-refractivity contribution in [3.8, 4) is 11.4 Å². The molecule has 0 spiro atoms. The molecule has 2 aromatic rings. The van der Waals surface area contributed by atoms with Crippen LogP contribution in [0.1, 0.15) is 44.4 Å². The first-order valence-corrected chi connectivity index (χ1v) is 10.4. The van der Waals surface area contributed by atoms with E-state index in [0.717, 1.165) is 42.6 Å². The van der Waals surface area contributed by atoms with E-state index in [-0.39, 0.29) is 11.3 Å². The number of aromatic nitrogens is 2. The first-order chi connectivity index (χ1) is 13.6. The van der Waals surface area contributed by atoms with Crippen molar-refractivity contribution >= 4 is 5.91 Å². The summed E-state index contributed by atoms with van der Waals surface area (Å²) in [6, 6.07) is 9.77. The lowest BCUT2D eigenvalue weighted by Gasteiger charge is -2.56. The molecule has 0 unspecified atom stereocenters. The number of hydrogen-bond acceptors (Lipinski definition) is 4. The Hall–Kier alpha value is -2.43. The van der Waals surface area contributed by atoms with Crippen LogP contribution in [0.25, 0.3) is 11.4 Å². The molecule has 0 N–H and O–H groups in total. The van der Waals surface area contributed by atoms with Gasteiger partial charge in [0.25, 0.3) is 0 Å². The average Bonchev–Trinajstić information content (AvgIpc) is 3.15. The molecule has 1 aromatic carbocycles. The third-order valence-electron chi connectivity index (χ3n) is 6.95. The van der Waals surface area contributed by atoms with E-state index in [1.54, 1.807) is 6.08 Å². The Morgan fingerprint density at radius 2 is 1.79 bits per heavy atom. The number of rotatable bonds is 6. The van der Waals surface area contributed by atoms with Crippen molar-refractivity contribution in [2.75, 3.05) is 6.54 Å². The van der Waals surface area contributed by atoms with Crippen molar-refractivity contribution in [3.05, 3.63) is 48.9 Å². The van der Waals surface area contributed by atoms with Crippen LogP contribution < -0.4 is 0 Å². The van der Waals surface area contributed by atoms with Gasteiger partial charge in [0, 0.05) is 12.1 Å². The highest BCUT2D eigenvalue weighted by molar-refractivity contribution is 5.83. The van der Waals surface area contributed by atoms with Crippen LogP contribution in [0.15, 0.2) is 47.5 Å². The van der Waals surface area contributed by atoms with Gasteiger partial charge in [-0.05, 0) is 56.3 Å². The average molecular weight is 377 g/mol. The highest BCUT2D eigenvalue weighted by Crippen LogP contribution is 2.60. The predicted octanol–water partition coefficient (Wildman–Crippen LogP) is 4.47. The van der Waals surface area contributed by atoms with Gasteiger partial charge in [0.2, 0.25) is 17.6 Å². The Balaban J connectivity index is 1.36. The summed E-state index contributed by atoms with van der Waals surface area (Å²) in [5.41, 5.74) is 0.750. The molecule has 4 aliphatic rings. The van der Waals surface area contributed by atoms with Gasteiger partial charge in [-0.25, -0.2) is 0 Å². The zero-order chi connectivity index (χ0) is 19.1. The van der Waals surface area contributed by atoms with Gasteiger partial charge in [-0.15, -0.1) is 6.58 Å². The van der Waals surface area contributed by atoms with Crippen LogP contribution >= 0.6 is 0 Å². The fraction of sp³-hybridized carbons (Fsp3) is 0.522. The minimum atomic E-state index is -0.167. The minimum absolute atomic E-state index is 0.167.